The van der Waals surface area contributed by atoms with Crippen LogP contribution >= 0.6 is 0 Å². The maximum atomic E-state index is 12.8. The maximum absolute atomic E-state index is 12.8. The van der Waals surface area contributed by atoms with Crippen molar-refractivity contribution in [1.29, 1.82) is 0 Å². The van der Waals surface area contributed by atoms with Gasteiger partial charge in [0.2, 0.25) is 0 Å². The highest BCUT2D eigenvalue weighted by molar-refractivity contribution is 5.94. The van der Waals surface area contributed by atoms with Gasteiger partial charge < -0.3 is 10.2 Å². The van der Waals surface area contributed by atoms with Crippen LogP contribution in [0, 0.1) is 5.92 Å². The second-order valence-electron chi connectivity index (χ2n) is 10.1. The van der Waals surface area contributed by atoms with Gasteiger partial charge in [-0.25, -0.2) is 0 Å². The number of fused-ring (bicyclic) bond motifs is 1. The largest absolute Gasteiger partial charge is 0.351 e. The Morgan fingerprint density at radius 2 is 1.91 bits per heavy atom. The molecule has 2 saturated heterocycles. The molecule has 0 aromatic carbocycles. The van der Waals surface area contributed by atoms with E-state index in [9.17, 15) is 4.79 Å². The number of pyridine rings is 1. The molecule has 1 N–H and O–H groups in total. The van der Waals surface area contributed by atoms with Crippen LogP contribution in [0.2, 0.25) is 0 Å². The lowest BCUT2D eigenvalue weighted by atomic mass is 10.1. The summed E-state index contributed by atoms with van der Waals surface area (Å²) < 4.78 is 2.04. The van der Waals surface area contributed by atoms with Crippen LogP contribution in [0.3, 0.4) is 0 Å². The molecule has 5 rings (SSSR count). The first-order valence-corrected chi connectivity index (χ1v) is 12.4. The Bertz CT molecular complexity index is 932. The lowest BCUT2D eigenvalue weighted by Crippen LogP contribution is -2.51. The number of hydrogen-bond acceptors (Lipinski definition) is 6. The molecule has 3 fully saturated rings. The average Bonchev–Trinajstić information content (AvgIpc) is 3.27. The van der Waals surface area contributed by atoms with Gasteiger partial charge in [-0.2, -0.15) is 0 Å². The van der Waals surface area contributed by atoms with E-state index in [1.807, 2.05) is 22.7 Å². The number of piperazine rings is 1. The van der Waals surface area contributed by atoms with Gasteiger partial charge in [-0.05, 0) is 70.7 Å². The van der Waals surface area contributed by atoms with Crippen molar-refractivity contribution >= 4 is 11.6 Å². The predicted molar refractivity (Wildman–Crippen MR) is 125 cm³/mol. The number of aromatic nitrogens is 3. The molecule has 0 bridgehead atoms. The zero-order chi connectivity index (χ0) is 22.1. The van der Waals surface area contributed by atoms with Crippen molar-refractivity contribution in [3.05, 3.63) is 29.7 Å². The number of carbonyl (C=O) groups is 1. The van der Waals surface area contributed by atoms with E-state index in [4.69, 9.17) is 0 Å². The first-order chi connectivity index (χ1) is 15.6. The Hall–Kier alpha value is -2.03. The van der Waals surface area contributed by atoms with Crippen LogP contribution in [0.15, 0.2) is 18.3 Å². The SMILES string of the molecule is CC(C)N1CCN(CC2CC2)C[C@H]1c1nnc2ccc(C(=O)NCCN3CCCC3)cn12. The molecule has 1 aliphatic carbocycles. The second kappa shape index (κ2) is 9.45. The van der Waals surface area contributed by atoms with Crippen LogP contribution in [0.5, 0.6) is 0 Å². The summed E-state index contributed by atoms with van der Waals surface area (Å²) in [5.74, 6) is 1.80. The van der Waals surface area contributed by atoms with Gasteiger partial charge in [0.15, 0.2) is 11.5 Å². The molecule has 3 aliphatic rings. The van der Waals surface area contributed by atoms with Crippen molar-refractivity contribution in [2.45, 2.75) is 51.6 Å². The van der Waals surface area contributed by atoms with E-state index >= 15 is 0 Å². The summed E-state index contributed by atoms with van der Waals surface area (Å²) in [6, 6.07) is 4.40. The van der Waals surface area contributed by atoms with Crippen LogP contribution in [-0.4, -0.2) is 93.6 Å². The third-order valence-corrected chi connectivity index (χ3v) is 7.28. The smallest absolute Gasteiger partial charge is 0.252 e. The molecule has 2 aromatic heterocycles. The van der Waals surface area contributed by atoms with Crippen LogP contribution < -0.4 is 5.32 Å². The van der Waals surface area contributed by atoms with E-state index < -0.39 is 0 Å². The first kappa shape index (κ1) is 21.8. The number of hydrogen-bond donors (Lipinski definition) is 1. The van der Waals surface area contributed by atoms with E-state index in [1.54, 1.807) is 0 Å². The minimum Gasteiger partial charge on any atom is -0.351 e. The Morgan fingerprint density at radius 1 is 1.09 bits per heavy atom. The fraction of sp³-hybridized carbons (Fsp3) is 0.708. The first-order valence-electron chi connectivity index (χ1n) is 12.4. The van der Waals surface area contributed by atoms with Crippen molar-refractivity contribution in [3.63, 3.8) is 0 Å². The van der Waals surface area contributed by atoms with Crippen LogP contribution in [0.25, 0.3) is 5.65 Å². The van der Waals surface area contributed by atoms with Crippen molar-refractivity contribution in [3.8, 4) is 0 Å². The fourth-order valence-corrected chi connectivity index (χ4v) is 5.24. The highest BCUT2D eigenvalue weighted by atomic mass is 16.1. The van der Waals surface area contributed by atoms with Gasteiger partial charge in [0.25, 0.3) is 5.91 Å². The number of nitrogens with one attached hydrogen (secondary N) is 1. The maximum Gasteiger partial charge on any atom is 0.252 e. The van der Waals surface area contributed by atoms with E-state index in [0.29, 0.717) is 18.2 Å². The highest BCUT2D eigenvalue weighted by Gasteiger charge is 2.35. The van der Waals surface area contributed by atoms with Crippen molar-refractivity contribution in [2.24, 2.45) is 5.92 Å². The molecule has 174 valence electrons. The molecule has 4 heterocycles. The number of carbonyl (C=O) groups excluding carboxylic acids is 1. The Kier molecular flexibility index (Phi) is 6.44. The minimum atomic E-state index is -0.0227. The van der Waals surface area contributed by atoms with E-state index in [0.717, 1.165) is 56.7 Å². The Morgan fingerprint density at radius 3 is 2.66 bits per heavy atom. The molecule has 0 unspecified atom stereocenters. The lowest BCUT2D eigenvalue weighted by Gasteiger charge is -2.42. The van der Waals surface area contributed by atoms with Gasteiger partial charge in [-0.3, -0.25) is 19.0 Å². The standard InChI is InChI=1S/C24H37N7O/c1-18(2)30-14-13-29(15-19-5-6-19)17-21(30)23-27-26-22-8-7-20(16-31(22)23)24(32)25-9-12-28-10-3-4-11-28/h7-8,16,18-19,21H,3-6,9-15,17H2,1-2H3,(H,25,32)/t21-/m0/s1. The summed E-state index contributed by atoms with van der Waals surface area (Å²) in [6.07, 6.45) is 7.22. The van der Waals surface area contributed by atoms with Gasteiger partial charge in [-0.1, -0.05) is 0 Å². The van der Waals surface area contributed by atoms with E-state index in [2.05, 4.69) is 44.1 Å². The Balaban J connectivity index is 1.32. The van der Waals surface area contributed by atoms with Crippen LogP contribution in [-0.2, 0) is 0 Å². The van der Waals surface area contributed by atoms with Gasteiger partial charge in [-0.15, -0.1) is 10.2 Å². The van der Waals surface area contributed by atoms with E-state index in [-0.39, 0.29) is 11.9 Å². The van der Waals surface area contributed by atoms with Gasteiger partial charge in [0.1, 0.15) is 0 Å². The zero-order valence-corrected chi connectivity index (χ0v) is 19.5. The highest BCUT2D eigenvalue weighted by Crippen LogP contribution is 2.33. The second-order valence-corrected chi connectivity index (χ2v) is 10.1. The summed E-state index contributed by atoms with van der Waals surface area (Å²) in [5.41, 5.74) is 1.47. The molecule has 1 saturated carbocycles. The molecule has 1 atom stereocenters. The fourth-order valence-electron chi connectivity index (χ4n) is 5.24. The normalized spacial score (nSPS) is 23.4. The average molecular weight is 440 g/mol. The van der Waals surface area contributed by atoms with Crippen molar-refractivity contribution < 1.29 is 4.79 Å². The molecule has 8 heteroatoms. The van der Waals surface area contributed by atoms with Crippen molar-refractivity contribution in [2.75, 3.05) is 52.4 Å². The molecule has 32 heavy (non-hydrogen) atoms. The van der Waals surface area contributed by atoms with E-state index in [1.165, 1.54) is 32.2 Å². The third kappa shape index (κ3) is 4.82. The third-order valence-electron chi connectivity index (χ3n) is 7.28. The number of rotatable bonds is 8. The summed E-state index contributed by atoms with van der Waals surface area (Å²) in [7, 11) is 0. The summed E-state index contributed by atoms with van der Waals surface area (Å²) in [4.78, 5) is 20.4. The molecule has 0 radical (unpaired) electrons. The molecule has 8 nitrogen and oxygen atoms in total. The van der Waals surface area contributed by atoms with Gasteiger partial charge in [0, 0.05) is 51.5 Å². The van der Waals surface area contributed by atoms with Crippen molar-refractivity contribution in [1.82, 2.24) is 34.6 Å². The summed E-state index contributed by atoms with van der Waals surface area (Å²) >= 11 is 0. The number of likely N-dealkylation sites (tertiary alicyclic amines) is 1. The Labute approximate surface area is 190 Å². The molecule has 2 aromatic rings. The zero-order valence-electron chi connectivity index (χ0n) is 19.5. The topological polar surface area (TPSA) is 69.0 Å². The number of nitrogens with zero attached hydrogens (tertiary/aromatic N) is 6. The molecule has 2 aliphatic heterocycles. The van der Waals surface area contributed by atoms with Crippen LogP contribution in [0.4, 0.5) is 0 Å². The van der Waals surface area contributed by atoms with Gasteiger partial charge >= 0.3 is 0 Å². The molecular formula is C24H37N7O. The molecule has 0 spiro atoms. The minimum absolute atomic E-state index is 0.0227. The molecule has 1 amide bonds. The number of amides is 1. The molecular weight excluding hydrogens is 402 g/mol. The van der Waals surface area contributed by atoms with Crippen LogP contribution in [0.1, 0.15) is 61.8 Å². The summed E-state index contributed by atoms with van der Waals surface area (Å²) in [6.45, 7) is 12.8. The predicted octanol–water partition coefficient (Wildman–Crippen LogP) is 2.03. The summed E-state index contributed by atoms with van der Waals surface area (Å²) in [5, 5.41) is 12.1. The van der Waals surface area contributed by atoms with Gasteiger partial charge in [0.05, 0.1) is 11.6 Å². The quantitative estimate of drug-likeness (QED) is 0.679. The monoisotopic (exact) mass is 439 g/mol. The lowest BCUT2D eigenvalue weighted by molar-refractivity contribution is 0.0437.